The van der Waals surface area contributed by atoms with E-state index in [-0.39, 0.29) is 18.2 Å². The molecule has 3 aromatic rings. The van der Waals surface area contributed by atoms with E-state index in [1.165, 1.54) is 36.7 Å². The predicted molar refractivity (Wildman–Crippen MR) is 87.3 cm³/mol. The van der Waals surface area contributed by atoms with Gasteiger partial charge in [-0.1, -0.05) is 24.3 Å². The average molecular weight is 363 g/mol. The molecule has 0 aliphatic heterocycles. The molecule has 3 rings (SSSR count). The molecule has 0 atom stereocenters. The molecule has 1 N–H and O–H groups in total. The Kier molecular flexibility index (Phi) is 5.01. The number of hydrogen-bond donors (Lipinski definition) is 1. The van der Waals surface area contributed by atoms with E-state index in [1.54, 1.807) is 12.1 Å². The van der Waals surface area contributed by atoms with Crippen LogP contribution in [0.3, 0.4) is 0 Å². The van der Waals surface area contributed by atoms with Crippen molar-refractivity contribution in [1.29, 1.82) is 0 Å². The molecule has 0 saturated heterocycles. The number of aromatic nitrogens is 2. The minimum Gasteiger partial charge on any atom is -0.436 e. The van der Waals surface area contributed by atoms with Crippen molar-refractivity contribution in [2.75, 3.05) is 5.32 Å². The standard InChI is InChI=1S/C18H13F4N3O/c19-14-3-1-2-4-15(14)26-17-9-16(24-11-25-17)23-10-12-5-7-13(8-6-12)18(20,21)22/h1-9,11H,10H2,(H,23,24,25). The number of nitrogens with one attached hydrogen (secondary N) is 1. The highest BCUT2D eigenvalue weighted by Crippen LogP contribution is 2.29. The van der Waals surface area contributed by atoms with Crippen molar-refractivity contribution in [3.8, 4) is 11.6 Å². The second-order valence-electron chi connectivity index (χ2n) is 5.32. The zero-order chi connectivity index (χ0) is 18.6. The summed E-state index contributed by atoms with van der Waals surface area (Å²) in [4.78, 5) is 7.90. The van der Waals surface area contributed by atoms with Crippen LogP contribution in [0.2, 0.25) is 0 Å². The molecule has 0 unspecified atom stereocenters. The maximum atomic E-state index is 13.6. The summed E-state index contributed by atoms with van der Waals surface area (Å²) < 4.78 is 56.6. The number of para-hydroxylation sites is 1. The third-order valence-corrected chi connectivity index (χ3v) is 3.45. The van der Waals surface area contributed by atoms with Gasteiger partial charge in [-0.3, -0.25) is 0 Å². The molecule has 0 aliphatic rings. The first-order valence-corrected chi connectivity index (χ1v) is 7.56. The fourth-order valence-electron chi connectivity index (χ4n) is 2.14. The number of benzene rings is 2. The molecular weight excluding hydrogens is 350 g/mol. The van der Waals surface area contributed by atoms with E-state index < -0.39 is 17.6 Å². The van der Waals surface area contributed by atoms with Gasteiger partial charge in [-0.15, -0.1) is 0 Å². The molecule has 0 radical (unpaired) electrons. The molecule has 26 heavy (non-hydrogen) atoms. The number of anilines is 1. The van der Waals surface area contributed by atoms with E-state index in [1.807, 2.05) is 0 Å². The lowest BCUT2D eigenvalue weighted by atomic mass is 10.1. The van der Waals surface area contributed by atoms with E-state index in [2.05, 4.69) is 15.3 Å². The van der Waals surface area contributed by atoms with Gasteiger partial charge in [0.25, 0.3) is 0 Å². The van der Waals surface area contributed by atoms with Gasteiger partial charge in [0.2, 0.25) is 5.88 Å². The molecule has 134 valence electrons. The highest BCUT2D eigenvalue weighted by atomic mass is 19.4. The minimum absolute atomic E-state index is 0.0277. The van der Waals surface area contributed by atoms with Crippen molar-refractivity contribution in [3.05, 3.63) is 77.9 Å². The Morgan fingerprint density at radius 1 is 0.962 bits per heavy atom. The van der Waals surface area contributed by atoms with Crippen molar-refractivity contribution in [1.82, 2.24) is 9.97 Å². The monoisotopic (exact) mass is 363 g/mol. The van der Waals surface area contributed by atoms with Crippen LogP contribution in [-0.4, -0.2) is 9.97 Å². The molecule has 1 heterocycles. The zero-order valence-electron chi connectivity index (χ0n) is 13.3. The number of halogens is 4. The van der Waals surface area contributed by atoms with E-state index in [4.69, 9.17) is 4.74 Å². The smallest absolute Gasteiger partial charge is 0.416 e. The lowest BCUT2D eigenvalue weighted by Gasteiger charge is -2.10. The third-order valence-electron chi connectivity index (χ3n) is 3.45. The Bertz CT molecular complexity index is 882. The number of alkyl halides is 3. The summed E-state index contributed by atoms with van der Waals surface area (Å²) >= 11 is 0. The van der Waals surface area contributed by atoms with Crippen molar-refractivity contribution in [2.45, 2.75) is 12.7 Å². The molecule has 0 bridgehead atoms. The highest BCUT2D eigenvalue weighted by Gasteiger charge is 2.29. The summed E-state index contributed by atoms with van der Waals surface area (Å²) in [6.45, 7) is 0.258. The van der Waals surface area contributed by atoms with Crippen LogP contribution >= 0.6 is 0 Å². The SMILES string of the molecule is Fc1ccccc1Oc1cc(NCc2ccc(C(F)(F)F)cc2)ncn1. The van der Waals surface area contributed by atoms with Gasteiger partial charge in [0, 0.05) is 12.6 Å². The Hall–Kier alpha value is -3.16. The van der Waals surface area contributed by atoms with Gasteiger partial charge >= 0.3 is 6.18 Å². The van der Waals surface area contributed by atoms with E-state index in [0.29, 0.717) is 11.4 Å². The van der Waals surface area contributed by atoms with Crippen LogP contribution in [0.1, 0.15) is 11.1 Å². The number of ether oxygens (including phenoxy) is 1. The molecule has 8 heteroatoms. The largest absolute Gasteiger partial charge is 0.436 e. The van der Waals surface area contributed by atoms with Crippen molar-refractivity contribution in [3.63, 3.8) is 0 Å². The molecule has 0 amide bonds. The molecule has 0 spiro atoms. The third kappa shape index (κ3) is 4.47. The summed E-state index contributed by atoms with van der Waals surface area (Å²) in [5, 5.41) is 2.95. The second-order valence-corrected chi connectivity index (χ2v) is 5.32. The first-order valence-electron chi connectivity index (χ1n) is 7.56. The minimum atomic E-state index is -4.36. The van der Waals surface area contributed by atoms with Crippen LogP contribution in [0.25, 0.3) is 0 Å². The molecular formula is C18H13F4N3O. The normalized spacial score (nSPS) is 11.2. The topological polar surface area (TPSA) is 47.0 Å². The quantitative estimate of drug-likeness (QED) is 0.645. The van der Waals surface area contributed by atoms with Crippen LogP contribution < -0.4 is 10.1 Å². The number of nitrogens with zero attached hydrogens (tertiary/aromatic N) is 2. The molecule has 0 saturated carbocycles. The Balaban J connectivity index is 1.65. The van der Waals surface area contributed by atoms with Gasteiger partial charge in [0.1, 0.15) is 12.1 Å². The lowest BCUT2D eigenvalue weighted by Crippen LogP contribution is -2.06. The van der Waals surface area contributed by atoms with Crippen LogP contribution in [0.15, 0.2) is 60.9 Å². The maximum absolute atomic E-state index is 13.6. The molecule has 2 aromatic carbocycles. The predicted octanol–water partition coefficient (Wildman–Crippen LogP) is 5.04. The Morgan fingerprint density at radius 3 is 2.38 bits per heavy atom. The van der Waals surface area contributed by atoms with Crippen molar-refractivity contribution >= 4 is 5.82 Å². The Labute approximate surface area is 146 Å². The van der Waals surface area contributed by atoms with Crippen molar-refractivity contribution in [2.24, 2.45) is 0 Å². The van der Waals surface area contributed by atoms with E-state index >= 15 is 0 Å². The maximum Gasteiger partial charge on any atom is 0.416 e. The van der Waals surface area contributed by atoms with E-state index in [0.717, 1.165) is 12.1 Å². The first kappa shape index (κ1) is 17.7. The zero-order valence-corrected chi connectivity index (χ0v) is 13.3. The van der Waals surface area contributed by atoms with Gasteiger partial charge in [-0.25, -0.2) is 14.4 Å². The fraction of sp³-hybridized carbons (Fsp3) is 0.111. The summed E-state index contributed by atoms with van der Waals surface area (Å²) in [5.41, 5.74) is -0.0583. The molecule has 1 aromatic heterocycles. The molecule has 0 aliphatic carbocycles. The molecule has 0 fully saturated rings. The van der Waals surface area contributed by atoms with Gasteiger partial charge in [0.05, 0.1) is 5.56 Å². The summed E-state index contributed by atoms with van der Waals surface area (Å²) in [6, 6.07) is 12.2. The summed E-state index contributed by atoms with van der Waals surface area (Å²) in [6.07, 6.45) is -3.12. The van der Waals surface area contributed by atoms with Gasteiger partial charge in [-0.05, 0) is 29.8 Å². The van der Waals surface area contributed by atoms with E-state index in [9.17, 15) is 17.6 Å². The van der Waals surface area contributed by atoms with Crippen LogP contribution in [0, 0.1) is 5.82 Å². The number of hydrogen-bond acceptors (Lipinski definition) is 4. The van der Waals surface area contributed by atoms with Crippen molar-refractivity contribution < 1.29 is 22.3 Å². The van der Waals surface area contributed by atoms with Gasteiger partial charge in [-0.2, -0.15) is 13.2 Å². The molecule has 4 nitrogen and oxygen atoms in total. The summed E-state index contributed by atoms with van der Waals surface area (Å²) in [5.74, 6) is 0.0384. The fourth-order valence-corrected chi connectivity index (χ4v) is 2.14. The van der Waals surface area contributed by atoms with Crippen LogP contribution in [0.5, 0.6) is 11.6 Å². The van der Waals surface area contributed by atoms with Crippen LogP contribution in [-0.2, 0) is 12.7 Å². The second kappa shape index (κ2) is 7.38. The highest BCUT2D eigenvalue weighted by molar-refractivity contribution is 5.40. The Morgan fingerprint density at radius 2 is 1.69 bits per heavy atom. The van der Waals surface area contributed by atoms with Gasteiger partial charge < -0.3 is 10.1 Å². The first-order chi connectivity index (χ1) is 12.4. The van der Waals surface area contributed by atoms with Crippen LogP contribution in [0.4, 0.5) is 23.4 Å². The number of rotatable bonds is 5. The average Bonchev–Trinajstić information content (AvgIpc) is 2.62. The van der Waals surface area contributed by atoms with Gasteiger partial charge in [0.15, 0.2) is 11.6 Å². The lowest BCUT2D eigenvalue weighted by molar-refractivity contribution is -0.137. The summed E-state index contributed by atoms with van der Waals surface area (Å²) in [7, 11) is 0.